The van der Waals surface area contributed by atoms with Crippen molar-refractivity contribution in [1.82, 2.24) is 0 Å². The van der Waals surface area contributed by atoms with Gasteiger partial charge in [-0.15, -0.1) is 11.3 Å². The van der Waals surface area contributed by atoms with Crippen LogP contribution in [0.25, 0.3) is 0 Å². The summed E-state index contributed by atoms with van der Waals surface area (Å²) >= 11 is 1.81. The monoisotopic (exact) mass is 249 g/mol. The molecule has 1 heterocycles. The van der Waals surface area contributed by atoms with Crippen LogP contribution < -0.4 is 5.32 Å². The van der Waals surface area contributed by atoms with Crippen LogP contribution >= 0.6 is 11.3 Å². The molecule has 2 rings (SSSR count). The van der Waals surface area contributed by atoms with Crippen LogP contribution in [0.15, 0.2) is 30.3 Å². The fourth-order valence-electron chi connectivity index (χ4n) is 1.95. The number of hydrogen-bond acceptors (Lipinski definition) is 2. The molecule has 17 heavy (non-hydrogen) atoms. The van der Waals surface area contributed by atoms with Crippen molar-refractivity contribution in [2.24, 2.45) is 0 Å². The lowest BCUT2D eigenvalue weighted by Gasteiger charge is -2.15. The van der Waals surface area contributed by atoms with Gasteiger partial charge in [-0.25, -0.2) is 4.39 Å². The summed E-state index contributed by atoms with van der Waals surface area (Å²) < 4.78 is 12.8. The van der Waals surface area contributed by atoms with E-state index in [2.05, 4.69) is 32.2 Å². The first-order valence-corrected chi connectivity index (χ1v) is 6.47. The molecule has 1 unspecified atom stereocenters. The molecular formula is C14H16FNS. The van der Waals surface area contributed by atoms with Gasteiger partial charge in [-0.1, -0.05) is 0 Å². The fourth-order valence-corrected chi connectivity index (χ4v) is 2.98. The van der Waals surface area contributed by atoms with Crippen LogP contribution in [0, 0.1) is 19.7 Å². The van der Waals surface area contributed by atoms with Crippen molar-refractivity contribution in [2.45, 2.75) is 26.8 Å². The van der Waals surface area contributed by atoms with Crippen LogP contribution in [0.3, 0.4) is 0 Å². The zero-order chi connectivity index (χ0) is 12.4. The smallest absolute Gasteiger partial charge is 0.123 e. The third kappa shape index (κ3) is 2.86. The van der Waals surface area contributed by atoms with Gasteiger partial charge in [-0.2, -0.15) is 0 Å². The molecule has 90 valence electrons. The maximum absolute atomic E-state index is 12.8. The molecule has 0 radical (unpaired) electrons. The number of aryl methyl sites for hydroxylation is 2. The van der Waals surface area contributed by atoms with Crippen LogP contribution in [0.5, 0.6) is 0 Å². The van der Waals surface area contributed by atoms with E-state index in [0.717, 1.165) is 5.69 Å². The summed E-state index contributed by atoms with van der Waals surface area (Å²) in [5.74, 6) is -0.203. The Labute approximate surface area is 105 Å². The summed E-state index contributed by atoms with van der Waals surface area (Å²) in [5, 5.41) is 3.38. The second-order valence-corrected chi connectivity index (χ2v) is 5.70. The molecule has 0 saturated heterocycles. The number of thiophene rings is 1. The molecule has 1 nitrogen and oxygen atoms in total. The van der Waals surface area contributed by atoms with Crippen molar-refractivity contribution < 1.29 is 4.39 Å². The Balaban J connectivity index is 2.14. The molecule has 0 amide bonds. The van der Waals surface area contributed by atoms with Crippen LogP contribution in [0.4, 0.5) is 10.1 Å². The van der Waals surface area contributed by atoms with Gasteiger partial charge in [0.25, 0.3) is 0 Å². The van der Waals surface area contributed by atoms with E-state index in [0.29, 0.717) is 0 Å². The summed E-state index contributed by atoms with van der Waals surface area (Å²) in [6.07, 6.45) is 0. The highest BCUT2D eigenvalue weighted by Crippen LogP contribution is 2.28. The number of rotatable bonds is 3. The largest absolute Gasteiger partial charge is 0.378 e. The minimum Gasteiger partial charge on any atom is -0.378 e. The van der Waals surface area contributed by atoms with Crippen molar-refractivity contribution in [1.29, 1.82) is 0 Å². The van der Waals surface area contributed by atoms with E-state index in [9.17, 15) is 4.39 Å². The second kappa shape index (κ2) is 4.88. The minimum atomic E-state index is -0.203. The predicted molar refractivity (Wildman–Crippen MR) is 72.2 cm³/mol. The summed E-state index contributed by atoms with van der Waals surface area (Å²) in [5.41, 5.74) is 2.26. The second-order valence-electron chi connectivity index (χ2n) is 4.24. The van der Waals surface area contributed by atoms with Crippen molar-refractivity contribution in [3.05, 3.63) is 51.5 Å². The van der Waals surface area contributed by atoms with E-state index in [1.54, 1.807) is 12.1 Å². The Morgan fingerprint density at radius 3 is 2.35 bits per heavy atom. The van der Waals surface area contributed by atoms with Crippen LogP contribution in [0.1, 0.15) is 28.3 Å². The Kier molecular flexibility index (Phi) is 3.48. The number of hydrogen-bond donors (Lipinski definition) is 1. The molecule has 1 aromatic heterocycles. The van der Waals surface area contributed by atoms with E-state index in [1.807, 2.05) is 11.3 Å². The van der Waals surface area contributed by atoms with Gasteiger partial charge in [0.15, 0.2) is 0 Å². The first-order valence-electron chi connectivity index (χ1n) is 5.65. The van der Waals surface area contributed by atoms with Gasteiger partial charge in [-0.05, 0) is 56.7 Å². The molecule has 0 spiro atoms. The molecule has 2 aromatic rings. The average molecular weight is 249 g/mol. The maximum atomic E-state index is 12.8. The zero-order valence-corrected chi connectivity index (χ0v) is 11.1. The molecule has 0 aliphatic heterocycles. The number of anilines is 1. The Morgan fingerprint density at radius 2 is 1.82 bits per heavy atom. The highest BCUT2D eigenvalue weighted by atomic mass is 32.1. The van der Waals surface area contributed by atoms with Crippen LogP contribution in [-0.2, 0) is 0 Å². The van der Waals surface area contributed by atoms with Crippen molar-refractivity contribution in [3.63, 3.8) is 0 Å². The zero-order valence-electron chi connectivity index (χ0n) is 10.3. The molecule has 0 fully saturated rings. The Hall–Kier alpha value is -1.35. The van der Waals surface area contributed by atoms with Gasteiger partial charge in [0.05, 0.1) is 0 Å². The highest BCUT2D eigenvalue weighted by Gasteiger charge is 2.10. The van der Waals surface area contributed by atoms with Crippen molar-refractivity contribution in [3.8, 4) is 0 Å². The van der Waals surface area contributed by atoms with E-state index < -0.39 is 0 Å². The van der Waals surface area contributed by atoms with Gasteiger partial charge >= 0.3 is 0 Å². The summed E-state index contributed by atoms with van der Waals surface area (Å²) in [6, 6.07) is 8.93. The Morgan fingerprint density at radius 1 is 1.18 bits per heavy atom. The first-order chi connectivity index (χ1) is 8.06. The lowest BCUT2D eigenvalue weighted by atomic mass is 10.1. The van der Waals surface area contributed by atoms with Gasteiger partial charge in [0.2, 0.25) is 0 Å². The molecule has 3 heteroatoms. The SMILES string of the molecule is Cc1cc(C(C)Nc2ccc(F)cc2)c(C)s1. The summed E-state index contributed by atoms with van der Waals surface area (Å²) in [4.78, 5) is 2.66. The molecule has 1 atom stereocenters. The Bertz CT molecular complexity index is 501. The molecular weight excluding hydrogens is 233 g/mol. The highest BCUT2D eigenvalue weighted by molar-refractivity contribution is 7.12. The van der Waals surface area contributed by atoms with Gasteiger partial charge in [-0.3, -0.25) is 0 Å². The lowest BCUT2D eigenvalue weighted by Crippen LogP contribution is -2.06. The molecule has 1 N–H and O–H groups in total. The number of nitrogens with one attached hydrogen (secondary N) is 1. The molecule has 0 saturated carbocycles. The molecule has 1 aromatic carbocycles. The topological polar surface area (TPSA) is 12.0 Å². The first kappa shape index (κ1) is 12.1. The average Bonchev–Trinajstić information content (AvgIpc) is 2.61. The van der Waals surface area contributed by atoms with Gasteiger partial charge in [0, 0.05) is 21.5 Å². The molecule has 0 aliphatic rings. The third-order valence-electron chi connectivity index (χ3n) is 2.77. The van der Waals surface area contributed by atoms with Crippen LogP contribution in [-0.4, -0.2) is 0 Å². The molecule has 0 bridgehead atoms. The van der Waals surface area contributed by atoms with Gasteiger partial charge in [0.1, 0.15) is 5.82 Å². The fraction of sp³-hybridized carbons (Fsp3) is 0.286. The van der Waals surface area contributed by atoms with E-state index >= 15 is 0 Å². The summed E-state index contributed by atoms with van der Waals surface area (Å²) in [7, 11) is 0. The third-order valence-corrected chi connectivity index (χ3v) is 3.75. The predicted octanol–water partition coefficient (Wildman–Crippen LogP) is 4.68. The quantitative estimate of drug-likeness (QED) is 0.833. The standard InChI is InChI=1S/C14H16FNS/c1-9-8-14(11(3)17-9)10(2)16-13-6-4-12(15)5-7-13/h4-8,10,16H,1-3H3. The minimum absolute atomic E-state index is 0.203. The number of benzene rings is 1. The van der Waals surface area contributed by atoms with E-state index in [4.69, 9.17) is 0 Å². The normalized spacial score (nSPS) is 12.5. The van der Waals surface area contributed by atoms with Crippen molar-refractivity contribution in [2.75, 3.05) is 5.32 Å². The maximum Gasteiger partial charge on any atom is 0.123 e. The van der Waals surface area contributed by atoms with E-state index in [-0.39, 0.29) is 11.9 Å². The number of halogens is 1. The van der Waals surface area contributed by atoms with Crippen LogP contribution in [0.2, 0.25) is 0 Å². The van der Waals surface area contributed by atoms with Crippen molar-refractivity contribution >= 4 is 17.0 Å². The lowest BCUT2D eigenvalue weighted by molar-refractivity contribution is 0.628. The molecule has 0 aliphatic carbocycles. The van der Waals surface area contributed by atoms with E-state index in [1.165, 1.54) is 27.5 Å². The summed E-state index contributed by atoms with van der Waals surface area (Å²) in [6.45, 7) is 6.37. The van der Waals surface area contributed by atoms with Gasteiger partial charge < -0.3 is 5.32 Å².